The minimum Gasteiger partial charge on any atom is -0.480 e. The van der Waals surface area contributed by atoms with Gasteiger partial charge in [0.1, 0.15) is 18.0 Å². The molecule has 2 aliphatic heterocycles. The van der Waals surface area contributed by atoms with Crippen molar-refractivity contribution in [3.8, 4) is 0 Å². The number of rotatable bonds is 4. The first-order valence-corrected chi connectivity index (χ1v) is 4.99. The number of hydrogen-bond donors (Lipinski definition) is 3. The lowest BCUT2D eigenvalue weighted by atomic mass is 9.96. The predicted octanol–water partition coefficient (Wildman–Crippen LogP) is -1.37. The van der Waals surface area contributed by atoms with E-state index >= 15 is 0 Å². The Morgan fingerprint density at radius 1 is 1.59 bits per heavy atom. The number of fused-ring (bicyclic) bond motifs is 1. The van der Waals surface area contributed by atoms with Gasteiger partial charge < -0.3 is 16.2 Å². The van der Waals surface area contributed by atoms with Gasteiger partial charge in [0.05, 0.1) is 6.54 Å². The van der Waals surface area contributed by atoms with E-state index in [1.807, 2.05) is 0 Å². The third-order valence-electron chi connectivity index (χ3n) is 2.46. The van der Waals surface area contributed by atoms with E-state index in [-0.39, 0.29) is 18.9 Å². The molecule has 90 valence electrons. The number of nitrogens with one attached hydrogen (secondary N) is 1. The molecule has 2 heterocycles. The Morgan fingerprint density at radius 2 is 2.35 bits per heavy atom. The van der Waals surface area contributed by atoms with Crippen LogP contribution in [0.1, 0.15) is 6.92 Å². The molecule has 17 heavy (non-hydrogen) atoms. The Bertz CT molecular complexity index is 478. The third-order valence-corrected chi connectivity index (χ3v) is 2.46. The molecule has 0 aromatic rings. The second kappa shape index (κ2) is 4.06. The molecule has 0 radical (unpaired) electrons. The molecule has 0 saturated heterocycles. The number of hydrogen-bond acceptors (Lipinski definition) is 7. The Labute approximate surface area is 97.1 Å². The second-order valence-electron chi connectivity index (χ2n) is 3.71. The van der Waals surface area contributed by atoms with Crippen LogP contribution >= 0.6 is 0 Å². The van der Waals surface area contributed by atoms with Gasteiger partial charge in [-0.15, -0.1) is 0 Å². The average Bonchev–Trinajstić information content (AvgIpc) is 2.62. The number of carboxylic acid groups (broad SMARTS) is 1. The van der Waals surface area contributed by atoms with Crippen LogP contribution in [0.4, 0.5) is 0 Å². The lowest BCUT2D eigenvalue weighted by Gasteiger charge is -2.28. The van der Waals surface area contributed by atoms with Crippen molar-refractivity contribution in [2.45, 2.75) is 12.5 Å². The van der Waals surface area contributed by atoms with Crippen LogP contribution in [0.2, 0.25) is 0 Å². The molecule has 0 aromatic heterocycles. The van der Waals surface area contributed by atoms with Gasteiger partial charge >= 0.3 is 5.97 Å². The van der Waals surface area contributed by atoms with Crippen molar-refractivity contribution in [3.63, 3.8) is 0 Å². The molecule has 2 aliphatic rings. The topological polar surface area (TPSA) is 125 Å². The number of nitrogens with zero attached hydrogens (tertiary/aromatic N) is 4. The second-order valence-corrected chi connectivity index (χ2v) is 3.71. The van der Waals surface area contributed by atoms with Gasteiger partial charge in [-0.25, -0.2) is 20.0 Å². The van der Waals surface area contributed by atoms with E-state index in [1.54, 1.807) is 6.92 Å². The highest BCUT2D eigenvalue weighted by atomic mass is 16.4. The highest BCUT2D eigenvalue weighted by Crippen LogP contribution is 2.22. The van der Waals surface area contributed by atoms with Crippen molar-refractivity contribution in [2.75, 3.05) is 13.1 Å². The molecule has 0 aromatic carbocycles. The number of aliphatic imine (C=N–C) groups is 4. The molecule has 0 spiro atoms. The Morgan fingerprint density at radius 3 is 3.06 bits per heavy atom. The zero-order chi connectivity index (χ0) is 12.5. The molecule has 8 heteroatoms. The number of carboxylic acids is 1. The van der Waals surface area contributed by atoms with E-state index in [9.17, 15) is 4.79 Å². The Kier molecular flexibility index (Phi) is 2.72. The molecule has 0 bridgehead atoms. The summed E-state index contributed by atoms with van der Waals surface area (Å²) in [6, 6.07) is 0. The lowest BCUT2D eigenvalue weighted by molar-refractivity contribution is -0.135. The van der Waals surface area contributed by atoms with E-state index in [4.69, 9.17) is 10.8 Å². The fourth-order valence-corrected chi connectivity index (χ4v) is 1.66. The molecule has 0 aliphatic carbocycles. The molecular formula is C9H12N6O2. The number of carbonyl (C=O) groups is 1. The van der Waals surface area contributed by atoms with Gasteiger partial charge in [0.2, 0.25) is 0 Å². The maximum atomic E-state index is 10.4. The van der Waals surface area contributed by atoms with E-state index in [2.05, 4.69) is 25.3 Å². The maximum absolute atomic E-state index is 10.4. The van der Waals surface area contributed by atoms with Crippen LogP contribution in [-0.4, -0.2) is 53.5 Å². The number of nitrogens with two attached hydrogens (primary N) is 1. The quantitative estimate of drug-likeness (QED) is 0.556. The standard InChI is InChI=1S/C9H12N6O2/c1-5-14-7(10)9(3-11-2-6(16)17)8(15-5)12-4-13-9/h4,11H,2-3H2,1H3,(H,16,17)(H2,10,12,13,14,15). The average molecular weight is 236 g/mol. The molecule has 0 saturated carbocycles. The van der Waals surface area contributed by atoms with Crippen LogP contribution in [0, 0.1) is 0 Å². The fraction of sp³-hybridized carbons (Fsp3) is 0.444. The van der Waals surface area contributed by atoms with Crippen molar-refractivity contribution < 1.29 is 9.90 Å². The van der Waals surface area contributed by atoms with Crippen LogP contribution in [0.5, 0.6) is 0 Å². The van der Waals surface area contributed by atoms with Crippen molar-refractivity contribution in [1.82, 2.24) is 5.32 Å². The molecule has 1 atom stereocenters. The normalized spacial score (nSPS) is 26.1. The summed E-state index contributed by atoms with van der Waals surface area (Å²) in [5.41, 5.74) is 4.90. The van der Waals surface area contributed by atoms with Gasteiger partial charge in [-0.3, -0.25) is 4.79 Å². The number of amidine groups is 3. The molecule has 0 amide bonds. The Hall–Kier alpha value is -2.09. The smallest absolute Gasteiger partial charge is 0.317 e. The maximum Gasteiger partial charge on any atom is 0.317 e. The SMILES string of the molecule is CC1=NC2=NC=NC2(CNCC(=O)O)C(N)=N1. The summed E-state index contributed by atoms with van der Waals surface area (Å²) in [5, 5.41) is 11.3. The molecule has 8 nitrogen and oxygen atoms in total. The fourth-order valence-electron chi connectivity index (χ4n) is 1.66. The largest absolute Gasteiger partial charge is 0.480 e. The summed E-state index contributed by atoms with van der Waals surface area (Å²) in [7, 11) is 0. The third kappa shape index (κ3) is 1.94. The first-order valence-electron chi connectivity index (χ1n) is 4.99. The van der Waals surface area contributed by atoms with Crippen molar-refractivity contribution in [1.29, 1.82) is 0 Å². The summed E-state index contributed by atoms with van der Waals surface area (Å²) in [6.45, 7) is 1.74. The molecule has 2 rings (SSSR count). The summed E-state index contributed by atoms with van der Waals surface area (Å²) in [4.78, 5) is 26.8. The molecule has 1 unspecified atom stereocenters. The Balaban J connectivity index is 2.18. The monoisotopic (exact) mass is 236 g/mol. The molecule has 4 N–H and O–H groups in total. The predicted molar refractivity (Wildman–Crippen MR) is 63.9 cm³/mol. The highest BCUT2D eigenvalue weighted by molar-refractivity contribution is 6.26. The number of aliphatic carboxylic acids is 1. The van der Waals surface area contributed by atoms with Gasteiger partial charge in [0.25, 0.3) is 0 Å². The van der Waals surface area contributed by atoms with E-state index in [0.29, 0.717) is 11.7 Å². The lowest BCUT2D eigenvalue weighted by Crippen LogP contribution is -2.56. The van der Waals surface area contributed by atoms with E-state index in [1.165, 1.54) is 6.34 Å². The van der Waals surface area contributed by atoms with Crippen LogP contribution in [0.3, 0.4) is 0 Å². The molecule has 0 fully saturated rings. The van der Waals surface area contributed by atoms with Gasteiger partial charge in [0, 0.05) is 6.54 Å². The zero-order valence-electron chi connectivity index (χ0n) is 9.21. The van der Waals surface area contributed by atoms with Gasteiger partial charge in [-0.05, 0) is 6.92 Å². The first kappa shape index (κ1) is 11.4. The first-order chi connectivity index (χ1) is 8.04. The minimum absolute atomic E-state index is 0.180. The van der Waals surface area contributed by atoms with Crippen LogP contribution in [0.15, 0.2) is 20.0 Å². The van der Waals surface area contributed by atoms with Crippen molar-refractivity contribution >= 4 is 29.8 Å². The molecular weight excluding hydrogens is 224 g/mol. The summed E-state index contributed by atoms with van der Waals surface area (Å²) < 4.78 is 0. The summed E-state index contributed by atoms with van der Waals surface area (Å²) >= 11 is 0. The zero-order valence-corrected chi connectivity index (χ0v) is 9.21. The van der Waals surface area contributed by atoms with E-state index in [0.717, 1.165) is 0 Å². The van der Waals surface area contributed by atoms with Gasteiger partial charge in [0.15, 0.2) is 11.4 Å². The summed E-state index contributed by atoms with van der Waals surface area (Å²) in [5.74, 6) is 0.282. The van der Waals surface area contributed by atoms with Crippen LogP contribution < -0.4 is 11.1 Å². The van der Waals surface area contributed by atoms with Gasteiger partial charge in [-0.2, -0.15) is 0 Å². The van der Waals surface area contributed by atoms with Crippen LogP contribution in [-0.2, 0) is 4.79 Å². The summed E-state index contributed by atoms with van der Waals surface area (Å²) in [6.07, 6.45) is 1.36. The minimum atomic E-state index is -0.951. The van der Waals surface area contributed by atoms with Crippen molar-refractivity contribution in [3.05, 3.63) is 0 Å². The van der Waals surface area contributed by atoms with E-state index < -0.39 is 11.5 Å². The van der Waals surface area contributed by atoms with Crippen LogP contribution in [0.25, 0.3) is 0 Å². The highest BCUT2D eigenvalue weighted by Gasteiger charge is 2.44. The van der Waals surface area contributed by atoms with Gasteiger partial charge in [-0.1, -0.05) is 0 Å². The van der Waals surface area contributed by atoms with Crippen molar-refractivity contribution in [2.24, 2.45) is 25.7 Å².